The number of rotatable bonds is 9. The van der Waals surface area contributed by atoms with E-state index in [0.29, 0.717) is 18.2 Å². The van der Waals surface area contributed by atoms with E-state index >= 15 is 0 Å². The van der Waals surface area contributed by atoms with Gasteiger partial charge in [-0.2, -0.15) is 5.10 Å². The molecule has 2 N–H and O–H groups in total. The summed E-state index contributed by atoms with van der Waals surface area (Å²) in [6, 6.07) is 0.261. The van der Waals surface area contributed by atoms with E-state index in [1.807, 2.05) is 12.2 Å². The highest BCUT2D eigenvalue weighted by Crippen LogP contribution is 2.17. The summed E-state index contributed by atoms with van der Waals surface area (Å²) in [5.41, 5.74) is 0.153. The molecule has 0 fully saturated rings. The van der Waals surface area contributed by atoms with Crippen molar-refractivity contribution in [3.63, 3.8) is 0 Å². The van der Waals surface area contributed by atoms with Crippen molar-refractivity contribution in [1.29, 1.82) is 0 Å². The fraction of sp³-hybridized carbons (Fsp3) is 0.467. The molecular weight excluding hydrogens is 288 g/mol. The lowest BCUT2D eigenvalue weighted by atomic mass is 10.0. The van der Waals surface area contributed by atoms with E-state index in [2.05, 4.69) is 47.4 Å². The Labute approximate surface area is 130 Å². The lowest BCUT2D eigenvalue weighted by Crippen LogP contribution is -2.44. The van der Waals surface area contributed by atoms with Gasteiger partial charge in [-0.1, -0.05) is 37.6 Å². The van der Waals surface area contributed by atoms with Crippen LogP contribution in [0.25, 0.3) is 0 Å². The molecule has 116 valence electrons. The first kappa shape index (κ1) is 17.5. The number of aromatic amines is 1. The SMILES string of the molecule is C=CCN(CC=C)C(CNc1cn[nH]c(=O)c1Cl)C(C)C. The van der Waals surface area contributed by atoms with Crippen LogP contribution in [-0.4, -0.2) is 40.8 Å². The second-order valence-electron chi connectivity index (χ2n) is 5.15. The number of halogens is 1. The van der Waals surface area contributed by atoms with Gasteiger partial charge in [-0.15, -0.1) is 13.2 Å². The fourth-order valence-corrected chi connectivity index (χ4v) is 2.34. The maximum atomic E-state index is 11.4. The minimum atomic E-state index is -0.392. The molecule has 1 aromatic rings. The molecular formula is C15H23ClN4O. The van der Waals surface area contributed by atoms with Crippen LogP contribution >= 0.6 is 11.6 Å². The maximum absolute atomic E-state index is 11.4. The van der Waals surface area contributed by atoms with Crippen molar-refractivity contribution in [1.82, 2.24) is 15.1 Å². The van der Waals surface area contributed by atoms with Crippen molar-refractivity contribution in [3.8, 4) is 0 Å². The number of nitrogens with one attached hydrogen (secondary N) is 2. The van der Waals surface area contributed by atoms with Crippen molar-refractivity contribution in [2.75, 3.05) is 25.0 Å². The van der Waals surface area contributed by atoms with Gasteiger partial charge in [0.1, 0.15) is 5.02 Å². The zero-order valence-corrected chi connectivity index (χ0v) is 13.4. The van der Waals surface area contributed by atoms with Gasteiger partial charge in [-0.05, 0) is 5.92 Å². The van der Waals surface area contributed by atoms with Gasteiger partial charge in [-0.3, -0.25) is 9.69 Å². The van der Waals surface area contributed by atoms with Gasteiger partial charge in [0.25, 0.3) is 5.56 Å². The van der Waals surface area contributed by atoms with Crippen LogP contribution in [0.1, 0.15) is 13.8 Å². The second kappa shape index (κ2) is 8.64. The molecule has 21 heavy (non-hydrogen) atoms. The predicted octanol–water partition coefficient (Wildman–Crippen LogP) is 2.53. The highest BCUT2D eigenvalue weighted by Gasteiger charge is 2.20. The normalized spacial score (nSPS) is 12.4. The average Bonchev–Trinajstić information content (AvgIpc) is 2.43. The second-order valence-corrected chi connectivity index (χ2v) is 5.53. The lowest BCUT2D eigenvalue weighted by molar-refractivity contribution is 0.199. The third-order valence-corrected chi connectivity index (χ3v) is 3.64. The largest absolute Gasteiger partial charge is 0.381 e. The minimum Gasteiger partial charge on any atom is -0.381 e. The van der Waals surface area contributed by atoms with Crippen molar-refractivity contribution in [3.05, 3.63) is 46.9 Å². The highest BCUT2D eigenvalue weighted by molar-refractivity contribution is 6.32. The van der Waals surface area contributed by atoms with Gasteiger partial charge < -0.3 is 5.32 Å². The van der Waals surface area contributed by atoms with Crippen LogP contribution in [0.4, 0.5) is 5.69 Å². The number of H-pyrrole nitrogens is 1. The Morgan fingerprint density at radius 1 is 1.43 bits per heavy atom. The van der Waals surface area contributed by atoms with Crippen LogP contribution in [0.2, 0.25) is 5.02 Å². The predicted molar refractivity (Wildman–Crippen MR) is 89.0 cm³/mol. The third-order valence-electron chi connectivity index (χ3n) is 3.26. The molecule has 0 aromatic carbocycles. The molecule has 0 bridgehead atoms. The highest BCUT2D eigenvalue weighted by atomic mass is 35.5. The maximum Gasteiger partial charge on any atom is 0.285 e. The summed E-state index contributed by atoms with van der Waals surface area (Å²) in [5.74, 6) is 0.422. The Bertz CT molecular complexity index is 517. The molecule has 0 aliphatic carbocycles. The first-order chi connectivity index (χ1) is 10.0. The van der Waals surface area contributed by atoms with Crippen molar-refractivity contribution >= 4 is 17.3 Å². The minimum absolute atomic E-state index is 0.131. The van der Waals surface area contributed by atoms with Gasteiger partial charge in [-0.25, -0.2) is 5.10 Å². The van der Waals surface area contributed by atoms with E-state index in [0.717, 1.165) is 13.1 Å². The molecule has 0 saturated carbocycles. The Balaban J connectivity index is 2.82. The van der Waals surface area contributed by atoms with Gasteiger partial charge in [0.05, 0.1) is 11.9 Å². The number of hydrogen-bond donors (Lipinski definition) is 2. The standard InChI is InChI=1S/C15H23ClN4O/c1-5-7-20(8-6-2)13(11(3)4)10-17-12-9-18-19-15(21)14(12)16/h5-6,9,11,13H,1-2,7-8,10H2,3-4H3,(H2,17,19,21). The van der Waals surface area contributed by atoms with E-state index in [1.165, 1.54) is 6.20 Å². The molecule has 0 aliphatic heterocycles. The molecule has 0 spiro atoms. The molecule has 0 saturated heterocycles. The molecule has 0 aliphatic rings. The molecule has 0 amide bonds. The number of anilines is 1. The number of hydrogen-bond acceptors (Lipinski definition) is 4. The molecule has 5 nitrogen and oxygen atoms in total. The Kier molecular flexibility index (Phi) is 7.19. The zero-order valence-electron chi connectivity index (χ0n) is 12.6. The van der Waals surface area contributed by atoms with Crippen molar-refractivity contribution < 1.29 is 0 Å². The quantitative estimate of drug-likeness (QED) is 0.688. The van der Waals surface area contributed by atoms with Crippen molar-refractivity contribution in [2.24, 2.45) is 5.92 Å². The summed E-state index contributed by atoms with van der Waals surface area (Å²) < 4.78 is 0. The Morgan fingerprint density at radius 2 is 2.05 bits per heavy atom. The fourth-order valence-electron chi connectivity index (χ4n) is 2.18. The monoisotopic (exact) mass is 310 g/mol. The molecule has 6 heteroatoms. The summed E-state index contributed by atoms with van der Waals surface area (Å²) in [6.45, 7) is 14.1. The summed E-state index contributed by atoms with van der Waals surface area (Å²) in [6.07, 6.45) is 5.27. The van der Waals surface area contributed by atoms with E-state index in [4.69, 9.17) is 11.6 Å². The van der Waals surface area contributed by atoms with Gasteiger partial charge in [0.15, 0.2) is 0 Å². The van der Waals surface area contributed by atoms with Crippen LogP contribution in [0.3, 0.4) is 0 Å². The topological polar surface area (TPSA) is 61.0 Å². The van der Waals surface area contributed by atoms with Crippen LogP contribution in [0.15, 0.2) is 36.3 Å². The van der Waals surface area contributed by atoms with Crippen LogP contribution in [0.5, 0.6) is 0 Å². The molecule has 0 radical (unpaired) electrons. The van der Waals surface area contributed by atoms with Gasteiger partial charge in [0.2, 0.25) is 0 Å². The third kappa shape index (κ3) is 5.02. The van der Waals surface area contributed by atoms with Crippen LogP contribution < -0.4 is 10.9 Å². The van der Waals surface area contributed by atoms with E-state index in [1.54, 1.807) is 0 Å². The molecule has 1 heterocycles. The van der Waals surface area contributed by atoms with Crippen molar-refractivity contribution in [2.45, 2.75) is 19.9 Å². The van der Waals surface area contributed by atoms with Crippen LogP contribution in [-0.2, 0) is 0 Å². The smallest absolute Gasteiger partial charge is 0.285 e. The first-order valence-corrected chi connectivity index (χ1v) is 7.32. The first-order valence-electron chi connectivity index (χ1n) is 6.94. The summed E-state index contributed by atoms with van der Waals surface area (Å²) in [5, 5.41) is 9.39. The van der Waals surface area contributed by atoms with E-state index < -0.39 is 5.56 Å². The lowest BCUT2D eigenvalue weighted by Gasteiger charge is -2.33. The summed E-state index contributed by atoms with van der Waals surface area (Å²) in [4.78, 5) is 13.7. The van der Waals surface area contributed by atoms with Crippen LogP contribution in [0, 0.1) is 5.92 Å². The number of nitrogens with zero attached hydrogens (tertiary/aromatic N) is 2. The molecule has 1 rings (SSSR count). The van der Waals surface area contributed by atoms with Gasteiger partial charge >= 0.3 is 0 Å². The van der Waals surface area contributed by atoms with E-state index in [-0.39, 0.29) is 11.1 Å². The summed E-state index contributed by atoms with van der Waals surface area (Å²) in [7, 11) is 0. The molecule has 1 atom stereocenters. The Morgan fingerprint density at radius 3 is 2.57 bits per heavy atom. The average molecular weight is 311 g/mol. The van der Waals surface area contributed by atoms with E-state index in [9.17, 15) is 4.79 Å². The Hall–Kier alpha value is -1.59. The molecule has 1 aromatic heterocycles. The summed E-state index contributed by atoms with van der Waals surface area (Å²) >= 11 is 5.97. The van der Waals surface area contributed by atoms with Gasteiger partial charge in [0, 0.05) is 25.7 Å². The molecule has 1 unspecified atom stereocenters. The zero-order chi connectivity index (χ0) is 15.8. The number of aromatic nitrogens is 2.